The fourth-order valence-electron chi connectivity index (χ4n) is 2.44. The van der Waals surface area contributed by atoms with Gasteiger partial charge in [0.15, 0.2) is 10.6 Å². The van der Waals surface area contributed by atoms with Crippen LogP contribution in [0, 0.1) is 18.6 Å². The molecule has 1 aromatic carbocycles. The van der Waals surface area contributed by atoms with Crippen LogP contribution < -0.4 is 5.32 Å². The Labute approximate surface area is 150 Å². The lowest BCUT2D eigenvalue weighted by Crippen LogP contribution is -2.24. The molecule has 2 heterocycles. The molecule has 8 heteroatoms. The Kier molecular flexibility index (Phi) is 5.08. The van der Waals surface area contributed by atoms with Gasteiger partial charge in [-0.15, -0.1) is 0 Å². The first-order chi connectivity index (χ1) is 12.0. The van der Waals surface area contributed by atoms with Crippen molar-refractivity contribution >= 4 is 18.1 Å². The van der Waals surface area contributed by atoms with Crippen LogP contribution in [0.2, 0.25) is 0 Å². The van der Waals surface area contributed by atoms with Crippen LogP contribution in [0.3, 0.4) is 0 Å². The summed E-state index contributed by atoms with van der Waals surface area (Å²) >= 11 is 5.29. The molecule has 0 fully saturated rings. The van der Waals surface area contributed by atoms with Crippen molar-refractivity contribution in [2.24, 2.45) is 0 Å². The zero-order chi connectivity index (χ0) is 17.8. The minimum atomic E-state index is -0.0846. The number of carbonyl (C=O) groups is 1. The number of aryl methyl sites for hydroxylation is 2. The lowest BCUT2D eigenvalue weighted by atomic mass is 10.1. The molecule has 7 nitrogen and oxygen atoms in total. The fourth-order valence-corrected chi connectivity index (χ4v) is 2.66. The Hall–Kier alpha value is -2.74. The van der Waals surface area contributed by atoms with Crippen molar-refractivity contribution in [2.45, 2.75) is 33.4 Å². The molecule has 3 aromatic rings. The van der Waals surface area contributed by atoms with E-state index in [1.165, 1.54) is 5.56 Å². The average Bonchev–Trinajstić information content (AvgIpc) is 3.17. The third kappa shape index (κ3) is 4.21. The minimum absolute atomic E-state index is 0.0846. The first-order valence-corrected chi connectivity index (χ1v) is 8.35. The molecule has 0 radical (unpaired) electrons. The molecule has 0 aliphatic carbocycles. The molecular formula is C17H19N5O2S. The molecule has 0 aliphatic rings. The normalized spacial score (nSPS) is 10.8. The molecule has 0 bridgehead atoms. The highest BCUT2D eigenvalue weighted by atomic mass is 32.1. The van der Waals surface area contributed by atoms with Crippen molar-refractivity contribution in [1.82, 2.24) is 25.2 Å². The maximum absolute atomic E-state index is 12.1. The summed E-state index contributed by atoms with van der Waals surface area (Å²) < 4.78 is 7.30. The van der Waals surface area contributed by atoms with E-state index in [1.807, 2.05) is 42.7 Å². The Bertz CT molecular complexity index is 923. The van der Waals surface area contributed by atoms with Crippen LogP contribution in [0.1, 0.15) is 23.4 Å². The number of carbonyl (C=O) groups excluding carboxylic acids is 1. The second-order valence-corrected chi connectivity index (χ2v) is 6.21. The van der Waals surface area contributed by atoms with Crippen molar-refractivity contribution < 1.29 is 9.32 Å². The van der Waals surface area contributed by atoms with Gasteiger partial charge in [0.05, 0.1) is 6.54 Å². The molecule has 1 amide bonds. The number of hydrogen-bond acceptors (Lipinski definition) is 5. The third-order valence-corrected chi connectivity index (χ3v) is 4.09. The number of nitrogens with one attached hydrogen (secondary N) is 2. The molecular weight excluding hydrogens is 338 g/mol. The van der Waals surface area contributed by atoms with E-state index in [0.29, 0.717) is 30.0 Å². The summed E-state index contributed by atoms with van der Waals surface area (Å²) in [4.78, 5) is 12.1. The zero-order valence-corrected chi connectivity index (χ0v) is 14.9. The highest BCUT2D eigenvalue weighted by molar-refractivity contribution is 7.71. The molecule has 0 saturated carbocycles. The number of aromatic amines is 1. The van der Waals surface area contributed by atoms with Crippen molar-refractivity contribution in [3.8, 4) is 11.4 Å². The number of nitrogens with zero attached hydrogens (tertiary/aromatic N) is 3. The average molecular weight is 357 g/mol. The minimum Gasteiger partial charge on any atom is -0.361 e. The quantitative estimate of drug-likeness (QED) is 0.662. The number of hydrogen-bond donors (Lipinski definition) is 2. The summed E-state index contributed by atoms with van der Waals surface area (Å²) in [5.41, 5.74) is 2.83. The van der Waals surface area contributed by atoms with E-state index in [2.05, 4.69) is 20.7 Å². The molecule has 0 spiro atoms. The Balaban J connectivity index is 1.63. The van der Waals surface area contributed by atoms with Gasteiger partial charge in [0.1, 0.15) is 11.5 Å². The Morgan fingerprint density at radius 1 is 1.32 bits per heavy atom. The number of aromatic nitrogens is 4. The molecule has 0 saturated heterocycles. The summed E-state index contributed by atoms with van der Waals surface area (Å²) in [6, 6.07) is 9.81. The molecule has 0 atom stereocenters. The van der Waals surface area contributed by atoms with Crippen LogP contribution in [0.5, 0.6) is 0 Å². The largest absolute Gasteiger partial charge is 0.361 e. The van der Waals surface area contributed by atoms with Crippen LogP contribution in [0.15, 0.2) is 34.9 Å². The van der Waals surface area contributed by atoms with Gasteiger partial charge in [-0.25, -0.2) is 0 Å². The van der Waals surface area contributed by atoms with E-state index in [-0.39, 0.29) is 5.91 Å². The maximum Gasteiger partial charge on any atom is 0.222 e. The first kappa shape index (κ1) is 17.1. The van der Waals surface area contributed by atoms with Crippen molar-refractivity contribution in [3.05, 3.63) is 52.1 Å². The summed E-state index contributed by atoms with van der Waals surface area (Å²) in [6.07, 6.45) is 0.295. The Morgan fingerprint density at radius 3 is 2.76 bits per heavy atom. The SMILES string of the molecule is Cc1ccc(-c2n[nH]c(=S)n2CCC(=O)NCc2cc(C)on2)cc1. The van der Waals surface area contributed by atoms with Crippen LogP contribution in [-0.2, 0) is 17.9 Å². The molecule has 0 unspecified atom stereocenters. The topological polar surface area (TPSA) is 88.7 Å². The van der Waals surface area contributed by atoms with E-state index < -0.39 is 0 Å². The monoisotopic (exact) mass is 357 g/mol. The van der Waals surface area contributed by atoms with Gasteiger partial charge in [-0.05, 0) is 26.1 Å². The molecule has 2 aromatic heterocycles. The summed E-state index contributed by atoms with van der Waals surface area (Å²) in [5.74, 6) is 1.36. The number of amides is 1. The molecule has 2 N–H and O–H groups in total. The smallest absolute Gasteiger partial charge is 0.222 e. The number of H-pyrrole nitrogens is 1. The van der Waals surface area contributed by atoms with Crippen molar-refractivity contribution in [3.63, 3.8) is 0 Å². The van der Waals surface area contributed by atoms with E-state index in [0.717, 1.165) is 17.1 Å². The standard InChI is InChI=1S/C17H19N5O2S/c1-11-3-5-13(6-4-11)16-19-20-17(25)22(16)8-7-15(23)18-10-14-9-12(2)24-21-14/h3-6,9H,7-8,10H2,1-2H3,(H,18,23)(H,20,25). The van der Waals surface area contributed by atoms with Gasteiger partial charge in [0.25, 0.3) is 0 Å². The zero-order valence-electron chi connectivity index (χ0n) is 14.1. The first-order valence-electron chi connectivity index (χ1n) is 7.94. The van der Waals surface area contributed by atoms with Crippen LogP contribution in [0.4, 0.5) is 0 Å². The van der Waals surface area contributed by atoms with Crippen molar-refractivity contribution in [2.75, 3.05) is 0 Å². The predicted molar refractivity (Wildman–Crippen MR) is 95.3 cm³/mol. The Morgan fingerprint density at radius 2 is 2.08 bits per heavy atom. The molecule has 0 aliphatic heterocycles. The van der Waals surface area contributed by atoms with E-state index in [9.17, 15) is 4.79 Å². The van der Waals surface area contributed by atoms with Crippen LogP contribution in [-0.4, -0.2) is 25.8 Å². The highest BCUT2D eigenvalue weighted by Crippen LogP contribution is 2.18. The fraction of sp³-hybridized carbons (Fsp3) is 0.294. The lowest BCUT2D eigenvalue weighted by molar-refractivity contribution is -0.121. The van der Waals surface area contributed by atoms with E-state index in [1.54, 1.807) is 6.07 Å². The van der Waals surface area contributed by atoms with E-state index >= 15 is 0 Å². The molecule has 3 rings (SSSR count). The third-order valence-electron chi connectivity index (χ3n) is 3.77. The van der Waals surface area contributed by atoms with Gasteiger partial charge in [-0.1, -0.05) is 35.0 Å². The van der Waals surface area contributed by atoms with Gasteiger partial charge in [-0.2, -0.15) is 5.10 Å². The second-order valence-electron chi connectivity index (χ2n) is 5.83. The van der Waals surface area contributed by atoms with E-state index in [4.69, 9.17) is 16.7 Å². The summed E-state index contributed by atoms with van der Waals surface area (Å²) in [6.45, 7) is 4.63. The summed E-state index contributed by atoms with van der Waals surface area (Å²) in [5, 5.41) is 13.7. The predicted octanol–water partition coefficient (Wildman–Crippen LogP) is 2.92. The van der Waals surface area contributed by atoms with Gasteiger partial charge in [0.2, 0.25) is 5.91 Å². The number of benzene rings is 1. The molecule has 25 heavy (non-hydrogen) atoms. The van der Waals surface area contributed by atoms with Gasteiger partial charge < -0.3 is 9.84 Å². The molecule has 130 valence electrons. The second kappa shape index (κ2) is 7.43. The summed E-state index contributed by atoms with van der Waals surface area (Å²) in [7, 11) is 0. The van der Waals surface area contributed by atoms with Gasteiger partial charge in [-0.3, -0.25) is 14.5 Å². The van der Waals surface area contributed by atoms with Crippen LogP contribution >= 0.6 is 12.2 Å². The maximum atomic E-state index is 12.1. The highest BCUT2D eigenvalue weighted by Gasteiger charge is 2.11. The van der Waals surface area contributed by atoms with Crippen LogP contribution in [0.25, 0.3) is 11.4 Å². The van der Waals surface area contributed by atoms with Gasteiger partial charge in [0, 0.05) is 24.6 Å². The lowest BCUT2D eigenvalue weighted by Gasteiger charge is -2.07. The van der Waals surface area contributed by atoms with Crippen molar-refractivity contribution in [1.29, 1.82) is 0 Å². The van der Waals surface area contributed by atoms with Gasteiger partial charge >= 0.3 is 0 Å². The number of rotatable bonds is 6.